The number of carbonyl (C=O) groups is 1. The number of ether oxygens (including phenoxy) is 2. The lowest BCUT2D eigenvalue weighted by Crippen LogP contribution is -2.40. The third kappa shape index (κ3) is 1.74. The van der Waals surface area contributed by atoms with Crippen molar-refractivity contribution in [2.24, 2.45) is 0 Å². The molecule has 0 aliphatic heterocycles. The average molecular weight is 134 g/mol. The molecule has 0 saturated heterocycles. The van der Waals surface area contributed by atoms with Crippen LogP contribution in [-0.4, -0.2) is 31.1 Å². The first-order chi connectivity index (χ1) is 4.06. The molecule has 0 aliphatic rings. The minimum atomic E-state index is -2.06. The molecule has 0 saturated carbocycles. The number of hydrogen-bond donors (Lipinski definition) is 1. The van der Waals surface area contributed by atoms with Crippen LogP contribution in [-0.2, 0) is 14.3 Å². The molecular weight excluding hydrogens is 124 g/mol. The van der Waals surface area contributed by atoms with E-state index in [0.29, 0.717) is 0 Å². The van der Waals surface area contributed by atoms with E-state index in [1.165, 1.54) is 21.1 Å². The fourth-order valence-electron chi connectivity index (χ4n) is 0.371. The van der Waals surface area contributed by atoms with Crippen molar-refractivity contribution in [1.29, 1.82) is 0 Å². The van der Waals surface area contributed by atoms with Gasteiger partial charge in [-0.2, -0.15) is 0 Å². The molecule has 0 fully saturated rings. The number of carbonyl (C=O) groups excluding carboxylic acids is 1. The number of ketones is 1. The second-order valence-electron chi connectivity index (χ2n) is 1.55. The molecule has 0 rings (SSSR count). The van der Waals surface area contributed by atoms with Crippen molar-refractivity contribution in [2.45, 2.75) is 12.9 Å². The SMILES string of the molecule is COC(O)(OC)C(C)=O. The topological polar surface area (TPSA) is 55.8 Å². The molecule has 0 atom stereocenters. The number of methoxy groups -OCH3 is 2. The van der Waals surface area contributed by atoms with Gasteiger partial charge in [0.1, 0.15) is 0 Å². The highest BCUT2D eigenvalue weighted by atomic mass is 16.8. The minimum absolute atomic E-state index is 0.576. The molecule has 0 spiro atoms. The summed E-state index contributed by atoms with van der Waals surface area (Å²) < 4.78 is 8.66. The summed E-state index contributed by atoms with van der Waals surface area (Å²) in [4.78, 5) is 10.4. The van der Waals surface area contributed by atoms with E-state index >= 15 is 0 Å². The first kappa shape index (κ1) is 8.55. The van der Waals surface area contributed by atoms with Crippen LogP contribution in [0.5, 0.6) is 0 Å². The quantitative estimate of drug-likeness (QED) is 0.529. The molecule has 1 N–H and O–H groups in total. The fraction of sp³-hybridized carbons (Fsp3) is 0.800. The second kappa shape index (κ2) is 2.91. The van der Waals surface area contributed by atoms with Crippen LogP contribution in [0.1, 0.15) is 6.92 Å². The Morgan fingerprint density at radius 2 is 1.78 bits per heavy atom. The van der Waals surface area contributed by atoms with Gasteiger partial charge in [-0.05, 0) is 0 Å². The van der Waals surface area contributed by atoms with Gasteiger partial charge < -0.3 is 14.6 Å². The standard InChI is InChI=1S/C5H10O4/c1-4(6)5(7,8-2)9-3/h7H,1-3H3. The van der Waals surface area contributed by atoms with Crippen LogP contribution in [0.2, 0.25) is 0 Å². The highest BCUT2D eigenvalue weighted by Crippen LogP contribution is 2.05. The Hall–Kier alpha value is -0.450. The highest BCUT2D eigenvalue weighted by Gasteiger charge is 2.32. The molecule has 0 amide bonds. The lowest BCUT2D eigenvalue weighted by molar-refractivity contribution is -0.312. The van der Waals surface area contributed by atoms with Crippen LogP contribution in [0, 0.1) is 0 Å². The van der Waals surface area contributed by atoms with Crippen molar-refractivity contribution in [3.63, 3.8) is 0 Å². The van der Waals surface area contributed by atoms with Gasteiger partial charge in [0.15, 0.2) is 0 Å². The Labute approximate surface area is 53.4 Å². The van der Waals surface area contributed by atoms with Gasteiger partial charge in [-0.1, -0.05) is 0 Å². The van der Waals surface area contributed by atoms with Crippen LogP contribution < -0.4 is 0 Å². The van der Waals surface area contributed by atoms with Crippen molar-refractivity contribution in [3.05, 3.63) is 0 Å². The second-order valence-corrected chi connectivity index (χ2v) is 1.55. The van der Waals surface area contributed by atoms with Gasteiger partial charge in [-0.3, -0.25) is 4.79 Å². The monoisotopic (exact) mass is 134 g/mol. The molecule has 0 aliphatic carbocycles. The molecular formula is C5H10O4. The van der Waals surface area contributed by atoms with E-state index in [-0.39, 0.29) is 0 Å². The van der Waals surface area contributed by atoms with E-state index in [0.717, 1.165) is 0 Å². The maximum absolute atomic E-state index is 10.4. The molecule has 54 valence electrons. The summed E-state index contributed by atoms with van der Waals surface area (Å²) >= 11 is 0. The molecule has 4 nitrogen and oxygen atoms in total. The largest absolute Gasteiger partial charge is 0.343 e. The molecule has 0 aromatic rings. The number of rotatable bonds is 3. The zero-order valence-corrected chi connectivity index (χ0v) is 5.67. The van der Waals surface area contributed by atoms with Crippen LogP contribution in [0.15, 0.2) is 0 Å². The zero-order valence-electron chi connectivity index (χ0n) is 5.67. The predicted molar refractivity (Wildman–Crippen MR) is 29.6 cm³/mol. The summed E-state index contributed by atoms with van der Waals surface area (Å²) in [5, 5.41) is 8.91. The third-order valence-corrected chi connectivity index (χ3v) is 0.998. The van der Waals surface area contributed by atoms with Gasteiger partial charge in [-0.15, -0.1) is 0 Å². The normalized spacial score (nSPS) is 11.6. The van der Waals surface area contributed by atoms with Gasteiger partial charge in [0.25, 0.3) is 0 Å². The van der Waals surface area contributed by atoms with Crippen molar-refractivity contribution in [3.8, 4) is 0 Å². The van der Waals surface area contributed by atoms with Gasteiger partial charge in [0.2, 0.25) is 5.78 Å². The Kier molecular flexibility index (Phi) is 2.76. The van der Waals surface area contributed by atoms with Crippen molar-refractivity contribution in [1.82, 2.24) is 0 Å². The summed E-state index contributed by atoms with van der Waals surface area (Å²) in [6.45, 7) is 1.17. The van der Waals surface area contributed by atoms with E-state index in [1.807, 2.05) is 0 Å². The van der Waals surface area contributed by atoms with Gasteiger partial charge >= 0.3 is 5.97 Å². The van der Waals surface area contributed by atoms with Crippen molar-refractivity contribution < 1.29 is 19.4 Å². The maximum atomic E-state index is 10.4. The van der Waals surface area contributed by atoms with E-state index in [9.17, 15) is 4.79 Å². The summed E-state index contributed by atoms with van der Waals surface area (Å²) in [7, 11) is 2.37. The molecule has 9 heavy (non-hydrogen) atoms. The Morgan fingerprint density at radius 3 is 1.78 bits per heavy atom. The molecule has 0 bridgehead atoms. The molecule has 0 heterocycles. The Morgan fingerprint density at radius 1 is 1.44 bits per heavy atom. The third-order valence-electron chi connectivity index (χ3n) is 0.998. The molecule has 0 radical (unpaired) electrons. The lowest BCUT2D eigenvalue weighted by atomic mass is 10.4. The van der Waals surface area contributed by atoms with Crippen LogP contribution in [0.3, 0.4) is 0 Å². The minimum Gasteiger partial charge on any atom is -0.337 e. The summed E-state index contributed by atoms with van der Waals surface area (Å²) in [5.74, 6) is -2.63. The summed E-state index contributed by atoms with van der Waals surface area (Å²) in [6, 6.07) is 0. The fourth-order valence-corrected chi connectivity index (χ4v) is 0.371. The van der Waals surface area contributed by atoms with E-state index in [2.05, 4.69) is 9.47 Å². The Bertz CT molecular complexity index is 106. The Balaban J connectivity index is 4.09. The highest BCUT2D eigenvalue weighted by molar-refractivity contribution is 5.81. The molecule has 0 aromatic heterocycles. The van der Waals surface area contributed by atoms with Crippen LogP contribution in [0.25, 0.3) is 0 Å². The first-order valence-corrected chi connectivity index (χ1v) is 2.40. The smallest absolute Gasteiger partial charge is 0.337 e. The maximum Gasteiger partial charge on any atom is 0.343 e. The zero-order chi connectivity index (χ0) is 7.49. The molecule has 0 aromatic carbocycles. The summed E-state index contributed by atoms with van der Waals surface area (Å²) in [5.41, 5.74) is 0. The van der Waals surface area contributed by atoms with E-state index < -0.39 is 11.8 Å². The van der Waals surface area contributed by atoms with Gasteiger partial charge in [-0.25, -0.2) is 0 Å². The van der Waals surface area contributed by atoms with Crippen molar-refractivity contribution in [2.75, 3.05) is 14.2 Å². The molecule has 0 unspecified atom stereocenters. The number of hydrogen-bond acceptors (Lipinski definition) is 4. The van der Waals surface area contributed by atoms with Gasteiger partial charge in [0, 0.05) is 21.1 Å². The average Bonchev–Trinajstić information content (AvgIpc) is 1.86. The van der Waals surface area contributed by atoms with E-state index in [1.54, 1.807) is 0 Å². The van der Waals surface area contributed by atoms with Crippen LogP contribution >= 0.6 is 0 Å². The van der Waals surface area contributed by atoms with Crippen LogP contribution in [0.4, 0.5) is 0 Å². The first-order valence-electron chi connectivity index (χ1n) is 2.40. The van der Waals surface area contributed by atoms with E-state index in [4.69, 9.17) is 5.11 Å². The lowest BCUT2D eigenvalue weighted by Gasteiger charge is -2.19. The predicted octanol–water partition coefficient (Wildman–Crippen LogP) is -0.486. The molecule has 4 heteroatoms. The number of Topliss-reactive ketones (excluding diaryl/α,β-unsaturated/α-hetero) is 1. The van der Waals surface area contributed by atoms with Crippen molar-refractivity contribution >= 4 is 5.78 Å². The van der Waals surface area contributed by atoms with Gasteiger partial charge in [0.05, 0.1) is 0 Å². The number of aliphatic hydroxyl groups is 1. The summed E-state index contributed by atoms with van der Waals surface area (Å²) in [6.07, 6.45) is 0.